The van der Waals surface area contributed by atoms with Crippen molar-refractivity contribution < 1.29 is 14.3 Å². The molecule has 0 aliphatic carbocycles. The van der Waals surface area contributed by atoms with E-state index in [2.05, 4.69) is 0 Å². The molecule has 0 aliphatic heterocycles. The largest absolute Gasteiger partial charge is 0.462 e. The lowest BCUT2D eigenvalue weighted by Crippen LogP contribution is -2.07. The minimum Gasteiger partial charge on any atom is -0.462 e. The van der Waals surface area contributed by atoms with Gasteiger partial charge in [-0.3, -0.25) is 0 Å². The van der Waals surface area contributed by atoms with Gasteiger partial charge < -0.3 is 15.2 Å². The molecule has 0 spiro atoms. The Morgan fingerprint density at radius 2 is 2.19 bits per heavy atom. The minimum absolute atomic E-state index is 0.318. The molecule has 0 unspecified atom stereocenters. The molecule has 16 heavy (non-hydrogen) atoms. The fourth-order valence-corrected chi connectivity index (χ4v) is 1.38. The number of esters is 1. The molecule has 0 aliphatic rings. The number of carbonyl (C=O) groups excluding carboxylic acids is 1. The van der Waals surface area contributed by atoms with Gasteiger partial charge in [0.15, 0.2) is 0 Å². The van der Waals surface area contributed by atoms with Crippen molar-refractivity contribution in [2.45, 2.75) is 13.3 Å². The summed E-state index contributed by atoms with van der Waals surface area (Å²) in [6.45, 7) is 2.73. The lowest BCUT2D eigenvalue weighted by Gasteiger charge is -2.07. The summed E-state index contributed by atoms with van der Waals surface area (Å²) in [6.07, 6.45) is 0.690. The Labute approximate surface area is 95.3 Å². The van der Waals surface area contributed by atoms with Gasteiger partial charge in [0.05, 0.1) is 18.8 Å². The molecule has 0 amide bonds. The molecule has 1 aromatic carbocycles. The molecule has 0 radical (unpaired) electrons. The van der Waals surface area contributed by atoms with Crippen LogP contribution in [0.25, 0.3) is 0 Å². The highest BCUT2D eigenvalue weighted by atomic mass is 16.5. The Morgan fingerprint density at radius 3 is 2.81 bits per heavy atom. The molecule has 0 fully saturated rings. The molecular weight excluding hydrogens is 206 g/mol. The monoisotopic (exact) mass is 223 g/mol. The van der Waals surface area contributed by atoms with E-state index in [0.717, 1.165) is 5.56 Å². The van der Waals surface area contributed by atoms with E-state index in [1.54, 1.807) is 32.2 Å². The van der Waals surface area contributed by atoms with Crippen LogP contribution in [-0.4, -0.2) is 26.3 Å². The number of carbonyl (C=O) groups is 1. The zero-order valence-corrected chi connectivity index (χ0v) is 9.66. The van der Waals surface area contributed by atoms with Crippen molar-refractivity contribution >= 4 is 11.7 Å². The van der Waals surface area contributed by atoms with Crippen molar-refractivity contribution in [3.63, 3.8) is 0 Å². The van der Waals surface area contributed by atoms with Crippen molar-refractivity contribution in [1.82, 2.24) is 0 Å². The number of anilines is 1. The first-order valence-electron chi connectivity index (χ1n) is 5.23. The second-order valence-electron chi connectivity index (χ2n) is 3.38. The maximum atomic E-state index is 11.5. The molecule has 1 aromatic rings. The predicted octanol–water partition coefficient (Wildman–Crippen LogP) is 1.63. The number of ether oxygens (including phenoxy) is 2. The molecule has 0 aromatic heterocycles. The zero-order valence-electron chi connectivity index (χ0n) is 9.66. The van der Waals surface area contributed by atoms with Crippen LogP contribution < -0.4 is 5.73 Å². The molecule has 4 nitrogen and oxygen atoms in total. The summed E-state index contributed by atoms with van der Waals surface area (Å²) in [7, 11) is 1.63. The Morgan fingerprint density at radius 1 is 1.44 bits per heavy atom. The summed E-state index contributed by atoms with van der Waals surface area (Å²) >= 11 is 0. The van der Waals surface area contributed by atoms with Crippen LogP contribution in [0.15, 0.2) is 18.2 Å². The average molecular weight is 223 g/mol. The van der Waals surface area contributed by atoms with Crippen LogP contribution in [-0.2, 0) is 15.9 Å². The molecule has 0 atom stereocenters. The molecule has 88 valence electrons. The summed E-state index contributed by atoms with van der Waals surface area (Å²) in [4.78, 5) is 11.5. The number of nitrogens with two attached hydrogens (primary N) is 1. The third kappa shape index (κ3) is 3.24. The average Bonchev–Trinajstić information content (AvgIpc) is 2.28. The van der Waals surface area contributed by atoms with E-state index >= 15 is 0 Å². The van der Waals surface area contributed by atoms with Gasteiger partial charge in [0.25, 0.3) is 0 Å². The Hall–Kier alpha value is -1.55. The highest BCUT2D eigenvalue weighted by Crippen LogP contribution is 2.15. The van der Waals surface area contributed by atoms with E-state index in [0.29, 0.717) is 30.9 Å². The van der Waals surface area contributed by atoms with E-state index in [1.165, 1.54) is 0 Å². The van der Waals surface area contributed by atoms with Gasteiger partial charge in [-0.25, -0.2) is 4.79 Å². The van der Waals surface area contributed by atoms with Crippen molar-refractivity contribution in [2.24, 2.45) is 0 Å². The van der Waals surface area contributed by atoms with Gasteiger partial charge in [0.2, 0.25) is 0 Å². The normalized spacial score (nSPS) is 10.1. The number of benzene rings is 1. The molecule has 1 rings (SSSR count). The van der Waals surface area contributed by atoms with Crippen LogP contribution in [0.1, 0.15) is 22.8 Å². The van der Waals surface area contributed by atoms with Crippen molar-refractivity contribution in [2.75, 3.05) is 26.1 Å². The standard InChI is InChI=1S/C12H17NO3/c1-3-16-12(14)10-4-5-11(13)9(8-10)6-7-15-2/h4-5,8H,3,6-7,13H2,1-2H3. The van der Waals surface area contributed by atoms with E-state index in [4.69, 9.17) is 15.2 Å². The third-order valence-corrected chi connectivity index (χ3v) is 2.23. The van der Waals surface area contributed by atoms with Gasteiger partial charge in [-0.15, -0.1) is 0 Å². The fraction of sp³-hybridized carbons (Fsp3) is 0.417. The van der Waals surface area contributed by atoms with Crippen LogP contribution >= 0.6 is 0 Å². The highest BCUT2D eigenvalue weighted by Gasteiger charge is 2.08. The summed E-state index contributed by atoms with van der Waals surface area (Å²) < 4.78 is 9.89. The molecule has 0 saturated carbocycles. The van der Waals surface area contributed by atoms with Gasteiger partial charge in [-0.2, -0.15) is 0 Å². The van der Waals surface area contributed by atoms with Crippen LogP contribution in [0.5, 0.6) is 0 Å². The Balaban J connectivity index is 2.84. The second-order valence-corrected chi connectivity index (χ2v) is 3.38. The first kappa shape index (κ1) is 12.5. The second kappa shape index (κ2) is 6.12. The van der Waals surface area contributed by atoms with Crippen LogP contribution in [0.2, 0.25) is 0 Å². The van der Waals surface area contributed by atoms with E-state index < -0.39 is 0 Å². The maximum absolute atomic E-state index is 11.5. The van der Waals surface area contributed by atoms with Crippen LogP contribution in [0, 0.1) is 0 Å². The number of methoxy groups -OCH3 is 1. The predicted molar refractivity (Wildman–Crippen MR) is 62.4 cm³/mol. The lowest BCUT2D eigenvalue weighted by atomic mass is 10.1. The number of nitrogen functional groups attached to an aromatic ring is 1. The topological polar surface area (TPSA) is 61.5 Å². The van der Waals surface area contributed by atoms with Crippen molar-refractivity contribution in [3.8, 4) is 0 Å². The minimum atomic E-state index is -0.318. The van der Waals surface area contributed by atoms with E-state index in [-0.39, 0.29) is 5.97 Å². The van der Waals surface area contributed by atoms with Crippen LogP contribution in [0.4, 0.5) is 5.69 Å². The van der Waals surface area contributed by atoms with Gasteiger partial charge >= 0.3 is 5.97 Å². The number of hydrogen-bond donors (Lipinski definition) is 1. The lowest BCUT2D eigenvalue weighted by molar-refractivity contribution is 0.0526. The summed E-state index contributed by atoms with van der Waals surface area (Å²) in [5, 5.41) is 0. The third-order valence-electron chi connectivity index (χ3n) is 2.23. The molecular formula is C12H17NO3. The Bertz CT molecular complexity index is 363. The van der Waals surface area contributed by atoms with Gasteiger partial charge in [0, 0.05) is 12.8 Å². The van der Waals surface area contributed by atoms with Crippen molar-refractivity contribution in [1.29, 1.82) is 0 Å². The van der Waals surface area contributed by atoms with Crippen LogP contribution in [0.3, 0.4) is 0 Å². The number of rotatable bonds is 5. The molecule has 2 N–H and O–H groups in total. The molecule has 4 heteroatoms. The van der Waals surface area contributed by atoms with E-state index in [1.807, 2.05) is 0 Å². The summed E-state index contributed by atoms with van der Waals surface area (Å²) in [6, 6.07) is 5.15. The fourth-order valence-electron chi connectivity index (χ4n) is 1.38. The maximum Gasteiger partial charge on any atom is 0.338 e. The number of hydrogen-bond acceptors (Lipinski definition) is 4. The molecule has 0 saturated heterocycles. The SMILES string of the molecule is CCOC(=O)c1ccc(N)c(CCOC)c1. The van der Waals surface area contributed by atoms with Gasteiger partial charge in [0.1, 0.15) is 0 Å². The van der Waals surface area contributed by atoms with E-state index in [9.17, 15) is 4.79 Å². The summed E-state index contributed by atoms with van der Waals surface area (Å²) in [5.74, 6) is -0.318. The highest BCUT2D eigenvalue weighted by molar-refractivity contribution is 5.90. The van der Waals surface area contributed by atoms with Gasteiger partial charge in [-0.05, 0) is 37.1 Å². The first-order chi connectivity index (χ1) is 7.69. The van der Waals surface area contributed by atoms with Crippen molar-refractivity contribution in [3.05, 3.63) is 29.3 Å². The smallest absolute Gasteiger partial charge is 0.338 e. The van der Waals surface area contributed by atoms with Gasteiger partial charge in [-0.1, -0.05) is 0 Å². The molecule has 0 bridgehead atoms. The summed E-state index contributed by atoms with van der Waals surface area (Å²) in [5.41, 5.74) is 7.91. The zero-order chi connectivity index (χ0) is 12.0. The molecule has 0 heterocycles. The quantitative estimate of drug-likeness (QED) is 0.609. The Kier molecular flexibility index (Phi) is 4.79. The first-order valence-corrected chi connectivity index (χ1v) is 5.23.